The summed E-state index contributed by atoms with van der Waals surface area (Å²) in [6.07, 6.45) is 0. The van der Waals surface area contributed by atoms with E-state index >= 15 is 0 Å². The van der Waals surface area contributed by atoms with Crippen molar-refractivity contribution < 1.29 is 29.7 Å². The van der Waals surface area contributed by atoms with E-state index in [4.69, 9.17) is 12.9 Å². The molecule has 2 radical (unpaired) electrons. The molecule has 20 heavy (non-hydrogen) atoms. The van der Waals surface area contributed by atoms with E-state index in [9.17, 15) is 16.8 Å². The van der Waals surface area contributed by atoms with Crippen LogP contribution in [-0.4, -0.2) is 42.6 Å². The lowest BCUT2D eigenvalue weighted by Crippen LogP contribution is -2.01. The van der Waals surface area contributed by atoms with Gasteiger partial charge in [-0.05, 0) is 35.7 Å². The van der Waals surface area contributed by atoms with Gasteiger partial charge in [0.2, 0.25) is 0 Å². The number of hydrogen-bond acceptors (Lipinski definition) is 5. The highest BCUT2D eigenvalue weighted by Crippen LogP contribution is 2.31. The minimum atomic E-state index is -4.48. The molecule has 0 aromatic heterocycles. The summed E-state index contributed by atoms with van der Waals surface area (Å²) in [7, 11) is -8.90. The fraction of sp³-hybridized carbons (Fsp3) is 0. The summed E-state index contributed by atoms with van der Waals surface area (Å²) in [4.78, 5) is -0.845. The molecular formula is C10H7AlO7S2. The summed E-state index contributed by atoms with van der Waals surface area (Å²) in [5, 5.41) is 0.590. The Morgan fingerprint density at radius 2 is 1.45 bits per heavy atom. The largest absolute Gasteiger partial charge is 0.653 e. The van der Waals surface area contributed by atoms with E-state index in [1.54, 1.807) is 0 Å². The minimum Gasteiger partial charge on any atom is -0.653 e. The van der Waals surface area contributed by atoms with Gasteiger partial charge in [0.15, 0.2) is 0 Å². The third kappa shape index (κ3) is 2.96. The molecule has 2 rings (SSSR count). The van der Waals surface area contributed by atoms with E-state index in [2.05, 4.69) is 0 Å². The molecule has 0 saturated heterocycles. The van der Waals surface area contributed by atoms with Crippen LogP contribution >= 0.6 is 0 Å². The molecule has 7 nitrogen and oxygen atoms in total. The first-order valence-electron chi connectivity index (χ1n) is 5.02. The maximum Gasteiger partial charge on any atom is 0.482 e. The second kappa shape index (κ2) is 5.00. The Morgan fingerprint density at radius 3 is 1.95 bits per heavy atom. The molecule has 0 bridgehead atoms. The number of rotatable bonds is 3. The summed E-state index contributed by atoms with van der Waals surface area (Å²) in [6.45, 7) is 0. The van der Waals surface area contributed by atoms with E-state index in [-0.39, 0.29) is 11.1 Å². The Labute approximate surface area is 123 Å². The van der Waals surface area contributed by atoms with Crippen molar-refractivity contribution in [2.75, 3.05) is 0 Å². The predicted octanol–water partition coefficient (Wildman–Crippen LogP) is 0.796. The Hall–Kier alpha value is -1.15. The SMILES string of the molecule is O=S(=O)(O)c1ccc2c([O][Al])cc(S(=O)(=O)O)cc2c1. The van der Waals surface area contributed by atoms with Crippen LogP contribution in [0.5, 0.6) is 5.75 Å². The fourth-order valence-corrected chi connectivity index (χ4v) is 2.94. The smallest absolute Gasteiger partial charge is 0.482 e. The van der Waals surface area contributed by atoms with Crippen molar-refractivity contribution in [3.63, 3.8) is 0 Å². The normalized spacial score (nSPS) is 12.5. The van der Waals surface area contributed by atoms with E-state index < -0.39 is 30.0 Å². The molecular weight excluding hydrogens is 323 g/mol. The standard InChI is InChI=1S/C10H8O7S2.Al/c11-10-5-8(19(15,16)17)4-6-3-7(18(12,13)14)1-2-9(6)10;/h1-5,11H,(H,12,13,14)(H,15,16,17);/q;+1/p-1. The first-order chi connectivity index (χ1) is 9.13. The van der Waals surface area contributed by atoms with E-state index in [0.717, 1.165) is 24.3 Å². The zero-order valence-corrected chi connectivity index (χ0v) is 12.5. The molecule has 104 valence electrons. The number of fused-ring (bicyclic) bond motifs is 1. The van der Waals surface area contributed by atoms with E-state index in [0.29, 0.717) is 5.39 Å². The molecule has 2 aromatic carbocycles. The van der Waals surface area contributed by atoms with Crippen molar-refractivity contribution >= 4 is 47.6 Å². The van der Waals surface area contributed by atoms with Crippen molar-refractivity contribution in [3.05, 3.63) is 30.3 Å². The summed E-state index contributed by atoms with van der Waals surface area (Å²) >= 11 is 1.92. The summed E-state index contributed by atoms with van der Waals surface area (Å²) in [5.41, 5.74) is 0. The lowest BCUT2D eigenvalue weighted by molar-refractivity contribution is 0.481. The highest BCUT2D eigenvalue weighted by atomic mass is 32.2. The zero-order valence-electron chi connectivity index (χ0n) is 9.72. The number of benzene rings is 2. The molecule has 0 heterocycles. The first kappa shape index (κ1) is 15.2. The van der Waals surface area contributed by atoms with Crippen LogP contribution in [0.1, 0.15) is 0 Å². The Balaban J connectivity index is 2.87. The number of hydrogen-bond donors (Lipinski definition) is 2. The van der Waals surface area contributed by atoms with Crippen LogP contribution in [0.3, 0.4) is 0 Å². The van der Waals surface area contributed by atoms with Gasteiger partial charge in [0, 0.05) is 5.39 Å². The molecule has 0 aliphatic rings. The monoisotopic (exact) mass is 330 g/mol. The fourth-order valence-electron chi connectivity index (χ4n) is 1.69. The maximum absolute atomic E-state index is 11.2. The van der Waals surface area contributed by atoms with Gasteiger partial charge in [-0.15, -0.1) is 0 Å². The maximum atomic E-state index is 11.2. The summed E-state index contributed by atoms with van der Waals surface area (Å²) < 4.78 is 67.4. The zero-order chi connectivity index (χ0) is 15.1. The molecule has 0 aliphatic heterocycles. The molecule has 2 N–H and O–H groups in total. The van der Waals surface area contributed by atoms with Gasteiger partial charge in [-0.25, -0.2) is 0 Å². The van der Waals surface area contributed by atoms with Gasteiger partial charge in [-0.2, -0.15) is 16.8 Å². The van der Waals surface area contributed by atoms with Crippen LogP contribution in [0.4, 0.5) is 0 Å². The van der Waals surface area contributed by atoms with Crippen LogP contribution in [0.2, 0.25) is 0 Å². The lowest BCUT2D eigenvalue weighted by Gasteiger charge is -2.10. The van der Waals surface area contributed by atoms with Gasteiger partial charge in [0.1, 0.15) is 0 Å². The molecule has 0 fully saturated rings. The summed E-state index contributed by atoms with van der Waals surface area (Å²) in [5.74, 6) is 0.113. The van der Waals surface area contributed by atoms with Gasteiger partial charge < -0.3 is 3.79 Å². The van der Waals surface area contributed by atoms with E-state index in [1.807, 2.05) is 16.6 Å². The Kier molecular flexibility index (Phi) is 3.81. The molecule has 0 saturated carbocycles. The second-order valence-electron chi connectivity index (χ2n) is 3.87. The second-order valence-corrected chi connectivity index (χ2v) is 6.95. The van der Waals surface area contributed by atoms with Crippen molar-refractivity contribution in [1.82, 2.24) is 0 Å². The van der Waals surface area contributed by atoms with Crippen molar-refractivity contribution in [3.8, 4) is 5.75 Å². The highest BCUT2D eigenvalue weighted by Gasteiger charge is 2.16. The van der Waals surface area contributed by atoms with E-state index in [1.165, 1.54) is 6.07 Å². The molecule has 0 unspecified atom stereocenters. The average Bonchev–Trinajstić information content (AvgIpc) is 2.34. The third-order valence-corrected chi connectivity index (χ3v) is 4.52. The molecule has 0 aliphatic carbocycles. The predicted molar refractivity (Wildman–Crippen MR) is 70.0 cm³/mol. The van der Waals surface area contributed by atoms with Crippen molar-refractivity contribution in [2.24, 2.45) is 0 Å². The molecule has 0 spiro atoms. The summed E-state index contributed by atoms with van der Waals surface area (Å²) in [6, 6.07) is 5.75. The van der Waals surface area contributed by atoms with Gasteiger partial charge in [0.25, 0.3) is 20.2 Å². The lowest BCUT2D eigenvalue weighted by atomic mass is 10.1. The van der Waals surface area contributed by atoms with Crippen LogP contribution in [0.15, 0.2) is 40.1 Å². The average molecular weight is 330 g/mol. The van der Waals surface area contributed by atoms with Gasteiger partial charge in [0.05, 0.1) is 15.5 Å². The Morgan fingerprint density at radius 1 is 0.900 bits per heavy atom. The van der Waals surface area contributed by atoms with Crippen molar-refractivity contribution in [2.45, 2.75) is 9.79 Å². The van der Waals surface area contributed by atoms with Crippen LogP contribution in [0, 0.1) is 0 Å². The molecule has 10 heteroatoms. The minimum absolute atomic E-state index is 0.113. The Bertz CT molecular complexity index is 882. The van der Waals surface area contributed by atoms with Gasteiger partial charge in [-0.3, -0.25) is 9.11 Å². The van der Waals surface area contributed by atoms with Crippen LogP contribution < -0.4 is 3.79 Å². The first-order valence-corrected chi connectivity index (χ1v) is 8.37. The highest BCUT2D eigenvalue weighted by molar-refractivity contribution is 7.86. The van der Waals surface area contributed by atoms with Gasteiger partial charge in [-0.1, -0.05) is 0 Å². The van der Waals surface area contributed by atoms with Gasteiger partial charge >= 0.3 is 16.6 Å². The quantitative estimate of drug-likeness (QED) is 0.631. The topological polar surface area (TPSA) is 118 Å². The van der Waals surface area contributed by atoms with Crippen molar-refractivity contribution in [1.29, 1.82) is 0 Å². The molecule has 2 aromatic rings. The molecule has 0 atom stereocenters. The van der Waals surface area contributed by atoms with Crippen LogP contribution in [-0.2, 0) is 20.2 Å². The van der Waals surface area contributed by atoms with Crippen LogP contribution in [0.25, 0.3) is 10.8 Å². The third-order valence-electron chi connectivity index (χ3n) is 2.58. The molecule has 0 amide bonds.